The molecule has 0 saturated carbocycles. The Bertz CT molecular complexity index is 897. The maximum Gasteiger partial charge on any atom is 0.227 e. The van der Waals surface area contributed by atoms with Gasteiger partial charge in [0.1, 0.15) is 5.02 Å². The quantitative estimate of drug-likeness (QED) is 0.622. The molecule has 138 valence electrons. The summed E-state index contributed by atoms with van der Waals surface area (Å²) in [6.07, 6.45) is 3.97. The summed E-state index contributed by atoms with van der Waals surface area (Å²) in [6.45, 7) is 6.04. The van der Waals surface area contributed by atoms with Crippen molar-refractivity contribution in [2.45, 2.75) is 46.5 Å². The Morgan fingerprint density at radius 2 is 2.00 bits per heavy atom. The molecule has 0 aliphatic rings. The van der Waals surface area contributed by atoms with Gasteiger partial charge in [0, 0.05) is 17.2 Å². The molecule has 0 radical (unpaired) electrons. The van der Waals surface area contributed by atoms with E-state index in [-0.39, 0.29) is 11.8 Å². The topological polar surface area (TPSA) is 75.1 Å². The van der Waals surface area contributed by atoms with E-state index in [2.05, 4.69) is 34.3 Å². The summed E-state index contributed by atoms with van der Waals surface area (Å²) in [4.78, 5) is 15.6. The van der Waals surface area contributed by atoms with Crippen molar-refractivity contribution in [1.29, 1.82) is 0 Å². The number of carbonyl (C=O) groups is 1. The molecule has 0 bridgehead atoms. The number of aromatic amines is 1. The average Bonchev–Trinajstić information content (AvgIpc) is 3.16. The molecule has 0 fully saturated rings. The van der Waals surface area contributed by atoms with Gasteiger partial charge in [0.15, 0.2) is 11.5 Å². The Morgan fingerprint density at radius 1 is 1.27 bits per heavy atom. The first-order valence-corrected chi connectivity index (χ1v) is 9.43. The van der Waals surface area contributed by atoms with Crippen molar-refractivity contribution in [1.82, 2.24) is 19.8 Å². The lowest BCUT2D eigenvalue weighted by molar-refractivity contribution is -0.120. The number of halogens is 1. The number of hydrogen-bond acceptors (Lipinski definition) is 3. The maximum absolute atomic E-state index is 12.4. The van der Waals surface area contributed by atoms with Crippen molar-refractivity contribution in [2.75, 3.05) is 5.32 Å². The van der Waals surface area contributed by atoms with Crippen molar-refractivity contribution in [3.05, 3.63) is 35.0 Å². The summed E-state index contributed by atoms with van der Waals surface area (Å²) in [5, 5.41) is 12.2. The zero-order chi connectivity index (χ0) is 18.7. The summed E-state index contributed by atoms with van der Waals surface area (Å²) in [6, 6.07) is 7.61. The number of H-pyrrole nitrogens is 1. The average molecular weight is 374 g/mol. The van der Waals surface area contributed by atoms with Gasteiger partial charge in [-0.05, 0) is 44.0 Å². The third-order valence-electron chi connectivity index (χ3n) is 4.60. The Balaban J connectivity index is 1.72. The molecule has 1 amide bonds. The third-order valence-corrected chi connectivity index (χ3v) is 5.05. The standard InChI is InChI=1S/C19H24ClN5O/c1-4-6-7-13(5-2)19(26)21-15-10-8-14(9-11-15)17-22-18-16(20)12(3)23-25(18)24-17/h8-11,13H,4-7H2,1-3H3,(H,21,26)(H,22,24). The molecule has 0 aliphatic heterocycles. The number of unbranched alkanes of at least 4 members (excludes halogenated alkanes) is 1. The SMILES string of the molecule is CCCCC(CC)C(=O)Nc1ccc(-c2nn3nc(C)c(Cl)c3[nH]2)cc1. The molecule has 1 unspecified atom stereocenters. The molecule has 3 rings (SSSR count). The van der Waals surface area contributed by atoms with Crippen LogP contribution in [-0.4, -0.2) is 25.7 Å². The predicted molar refractivity (Wildman–Crippen MR) is 104 cm³/mol. The van der Waals surface area contributed by atoms with Crippen molar-refractivity contribution >= 4 is 28.8 Å². The minimum absolute atomic E-state index is 0.0675. The van der Waals surface area contributed by atoms with Crippen LogP contribution in [0.5, 0.6) is 0 Å². The van der Waals surface area contributed by atoms with Crippen LogP contribution < -0.4 is 5.32 Å². The van der Waals surface area contributed by atoms with Gasteiger partial charge in [-0.25, -0.2) is 0 Å². The molecule has 3 aromatic rings. The lowest BCUT2D eigenvalue weighted by atomic mass is 9.98. The van der Waals surface area contributed by atoms with Crippen LogP contribution in [0.3, 0.4) is 0 Å². The highest BCUT2D eigenvalue weighted by atomic mass is 35.5. The highest BCUT2D eigenvalue weighted by Crippen LogP contribution is 2.24. The third kappa shape index (κ3) is 3.75. The summed E-state index contributed by atoms with van der Waals surface area (Å²) < 4.78 is 1.50. The van der Waals surface area contributed by atoms with Gasteiger partial charge in [-0.1, -0.05) is 38.3 Å². The van der Waals surface area contributed by atoms with Crippen LogP contribution in [-0.2, 0) is 4.79 Å². The molecule has 26 heavy (non-hydrogen) atoms. The van der Waals surface area contributed by atoms with Gasteiger partial charge in [-0.15, -0.1) is 9.73 Å². The van der Waals surface area contributed by atoms with Gasteiger partial charge in [-0.3, -0.25) is 4.79 Å². The summed E-state index contributed by atoms with van der Waals surface area (Å²) in [5.74, 6) is 0.840. The van der Waals surface area contributed by atoms with E-state index in [0.29, 0.717) is 16.5 Å². The van der Waals surface area contributed by atoms with Crippen LogP contribution in [0.25, 0.3) is 17.0 Å². The number of nitrogens with zero attached hydrogens (tertiary/aromatic N) is 3. The number of fused-ring (bicyclic) bond motifs is 1. The van der Waals surface area contributed by atoms with Crippen molar-refractivity contribution in [2.24, 2.45) is 5.92 Å². The van der Waals surface area contributed by atoms with Crippen molar-refractivity contribution in [3.63, 3.8) is 0 Å². The molecule has 7 heteroatoms. The number of anilines is 1. The van der Waals surface area contributed by atoms with Crippen LogP contribution in [0.4, 0.5) is 5.69 Å². The Morgan fingerprint density at radius 3 is 2.62 bits per heavy atom. The molecular weight excluding hydrogens is 350 g/mol. The molecule has 1 aromatic carbocycles. The van der Waals surface area contributed by atoms with Crippen LogP contribution >= 0.6 is 11.6 Å². The second kappa shape index (κ2) is 7.91. The van der Waals surface area contributed by atoms with Gasteiger partial charge >= 0.3 is 0 Å². The van der Waals surface area contributed by atoms with E-state index in [1.54, 1.807) is 0 Å². The number of amides is 1. The van der Waals surface area contributed by atoms with E-state index in [1.807, 2.05) is 31.2 Å². The van der Waals surface area contributed by atoms with Gasteiger partial charge in [-0.2, -0.15) is 5.10 Å². The zero-order valence-electron chi connectivity index (χ0n) is 15.3. The number of aryl methyl sites for hydroxylation is 1. The van der Waals surface area contributed by atoms with Gasteiger partial charge in [0.25, 0.3) is 0 Å². The first-order valence-electron chi connectivity index (χ1n) is 9.05. The van der Waals surface area contributed by atoms with E-state index in [0.717, 1.165) is 42.6 Å². The largest absolute Gasteiger partial charge is 0.326 e. The van der Waals surface area contributed by atoms with Crippen LogP contribution in [0.2, 0.25) is 5.02 Å². The number of hydrogen-bond donors (Lipinski definition) is 2. The Kier molecular flexibility index (Phi) is 5.61. The van der Waals surface area contributed by atoms with E-state index < -0.39 is 0 Å². The first kappa shape index (κ1) is 18.5. The summed E-state index contributed by atoms with van der Waals surface area (Å²) in [5.41, 5.74) is 3.11. The Labute approximate surface area is 157 Å². The smallest absolute Gasteiger partial charge is 0.227 e. The van der Waals surface area contributed by atoms with Gasteiger partial charge in [0.2, 0.25) is 5.91 Å². The minimum Gasteiger partial charge on any atom is -0.326 e. The fourth-order valence-corrected chi connectivity index (χ4v) is 3.12. The zero-order valence-corrected chi connectivity index (χ0v) is 16.1. The molecule has 2 N–H and O–H groups in total. The van der Waals surface area contributed by atoms with Gasteiger partial charge < -0.3 is 10.3 Å². The minimum atomic E-state index is 0.0675. The van der Waals surface area contributed by atoms with E-state index in [9.17, 15) is 4.79 Å². The molecule has 2 aromatic heterocycles. The van der Waals surface area contributed by atoms with Crippen molar-refractivity contribution in [3.8, 4) is 11.4 Å². The first-order chi connectivity index (χ1) is 12.5. The summed E-state index contributed by atoms with van der Waals surface area (Å²) >= 11 is 6.20. The highest BCUT2D eigenvalue weighted by molar-refractivity contribution is 6.34. The number of benzene rings is 1. The summed E-state index contributed by atoms with van der Waals surface area (Å²) in [7, 11) is 0. The molecule has 2 heterocycles. The van der Waals surface area contributed by atoms with Crippen LogP contribution in [0, 0.1) is 12.8 Å². The van der Waals surface area contributed by atoms with Crippen LogP contribution in [0.1, 0.15) is 45.2 Å². The number of aromatic nitrogens is 4. The fourth-order valence-electron chi connectivity index (χ4n) is 2.96. The van der Waals surface area contributed by atoms with E-state index in [4.69, 9.17) is 11.6 Å². The number of nitrogens with one attached hydrogen (secondary N) is 2. The lowest BCUT2D eigenvalue weighted by Crippen LogP contribution is -2.22. The maximum atomic E-state index is 12.4. The van der Waals surface area contributed by atoms with Crippen LogP contribution in [0.15, 0.2) is 24.3 Å². The molecule has 0 spiro atoms. The van der Waals surface area contributed by atoms with Gasteiger partial charge in [0.05, 0.1) is 5.69 Å². The normalized spacial score (nSPS) is 12.5. The monoisotopic (exact) mass is 373 g/mol. The highest BCUT2D eigenvalue weighted by Gasteiger charge is 2.16. The molecule has 0 aliphatic carbocycles. The van der Waals surface area contributed by atoms with Crippen molar-refractivity contribution < 1.29 is 4.79 Å². The fraction of sp³-hybridized carbons (Fsp3) is 0.421. The predicted octanol–water partition coefficient (Wildman–Crippen LogP) is 4.84. The second-order valence-corrected chi connectivity index (χ2v) is 6.90. The lowest BCUT2D eigenvalue weighted by Gasteiger charge is -2.14. The van der Waals surface area contributed by atoms with E-state index >= 15 is 0 Å². The molecule has 6 nitrogen and oxygen atoms in total. The Hall–Kier alpha value is -2.34. The molecule has 1 atom stereocenters. The number of rotatable bonds is 7. The van der Waals surface area contributed by atoms with E-state index in [1.165, 1.54) is 4.63 Å². The molecule has 0 saturated heterocycles. The number of carbonyl (C=O) groups excluding carboxylic acids is 1. The second-order valence-electron chi connectivity index (χ2n) is 6.53. The molecular formula is C19H24ClN5O.